The van der Waals surface area contributed by atoms with E-state index in [0.29, 0.717) is 24.6 Å². The van der Waals surface area contributed by atoms with E-state index in [0.717, 1.165) is 23.4 Å². The molecule has 13 heteroatoms. The molecule has 1 amide bonds. The average molecular weight is 556 g/mol. The SMILES string of the molecule is COc1ccc(OC)c(N([C@@H](C)C(=O)NCCOc2ccc(S(=O)(=O)N3CCCC3)cc2)S(C)(=O)=O)c1. The van der Waals surface area contributed by atoms with Crippen LogP contribution in [0.25, 0.3) is 0 Å². The monoisotopic (exact) mass is 555 g/mol. The number of carbonyl (C=O) groups is 1. The van der Waals surface area contributed by atoms with E-state index in [4.69, 9.17) is 14.2 Å². The Hall–Kier alpha value is -3.03. The van der Waals surface area contributed by atoms with Gasteiger partial charge in [-0.25, -0.2) is 16.8 Å². The van der Waals surface area contributed by atoms with Crippen LogP contribution in [0.1, 0.15) is 19.8 Å². The Kier molecular flexibility index (Phi) is 9.26. The van der Waals surface area contributed by atoms with Gasteiger partial charge in [0.2, 0.25) is 26.0 Å². The first kappa shape index (κ1) is 28.5. The van der Waals surface area contributed by atoms with Gasteiger partial charge in [0.25, 0.3) is 0 Å². The summed E-state index contributed by atoms with van der Waals surface area (Å²) >= 11 is 0. The molecule has 0 aliphatic carbocycles. The second-order valence-corrected chi connectivity index (χ2v) is 12.3. The number of methoxy groups -OCH3 is 2. The van der Waals surface area contributed by atoms with E-state index in [1.54, 1.807) is 24.3 Å². The molecule has 11 nitrogen and oxygen atoms in total. The highest BCUT2D eigenvalue weighted by molar-refractivity contribution is 7.92. The van der Waals surface area contributed by atoms with Gasteiger partial charge in [0.1, 0.15) is 29.9 Å². The maximum absolute atomic E-state index is 12.8. The summed E-state index contributed by atoms with van der Waals surface area (Å²) in [7, 11) is -4.51. The lowest BCUT2D eigenvalue weighted by Gasteiger charge is -2.29. The zero-order valence-electron chi connectivity index (χ0n) is 21.3. The van der Waals surface area contributed by atoms with Crippen molar-refractivity contribution in [2.75, 3.05) is 51.0 Å². The van der Waals surface area contributed by atoms with Crippen molar-refractivity contribution in [3.63, 3.8) is 0 Å². The molecule has 0 radical (unpaired) electrons. The molecule has 1 aliphatic rings. The molecule has 1 saturated heterocycles. The van der Waals surface area contributed by atoms with Crippen LogP contribution in [0.3, 0.4) is 0 Å². The third-order valence-corrected chi connectivity index (χ3v) is 9.05. The number of anilines is 1. The maximum atomic E-state index is 12.8. The first-order valence-electron chi connectivity index (χ1n) is 11.7. The van der Waals surface area contributed by atoms with E-state index >= 15 is 0 Å². The summed E-state index contributed by atoms with van der Waals surface area (Å²) in [5, 5.41) is 2.67. The molecule has 3 rings (SSSR count). The second-order valence-electron chi connectivity index (χ2n) is 8.49. The Balaban J connectivity index is 1.60. The number of sulfonamides is 2. The molecule has 0 saturated carbocycles. The molecular formula is C24H33N3O8S2. The van der Waals surface area contributed by atoms with E-state index in [-0.39, 0.29) is 29.5 Å². The largest absolute Gasteiger partial charge is 0.497 e. The van der Waals surface area contributed by atoms with Crippen molar-refractivity contribution >= 4 is 31.6 Å². The third kappa shape index (κ3) is 6.84. The predicted molar refractivity (Wildman–Crippen MR) is 139 cm³/mol. The summed E-state index contributed by atoms with van der Waals surface area (Å²) in [4.78, 5) is 13.0. The summed E-state index contributed by atoms with van der Waals surface area (Å²) in [6.45, 7) is 2.72. The van der Waals surface area contributed by atoms with Crippen LogP contribution in [-0.2, 0) is 24.8 Å². The van der Waals surface area contributed by atoms with Crippen LogP contribution in [0.4, 0.5) is 5.69 Å². The smallest absolute Gasteiger partial charge is 0.243 e. The summed E-state index contributed by atoms with van der Waals surface area (Å²) in [5.74, 6) is 0.585. The van der Waals surface area contributed by atoms with Crippen molar-refractivity contribution in [3.05, 3.63) is 42.5 Å². The fraction of sp³-hybridized carbons (Fsp3) is 0.458. The summed E-state index contributed by atoms with van der Waals surface area (Å²) < 4.78 is 69.1. The molecule has 0 spiro atoms. The van der Waals surface area contributed by atoms with Crippen molar-refractivity contribution < 1.29 is 35.8 Å². The van der Waals surface area contributed by atoms with Gasteiger partial charge in [-0.15, -0.1) is 0 Å². The summed E-state index contributed by atoms with van der Waals surface area (Å²) in [6.07, 6.45) is 2.73. The van der Waals surface area contributed by atoms with E-state index in [9.17, 15) is 21.6 Å². The topological polar surface area (TPSA) is 132 Å². The molecule has 1 fully saturated rings. The van der Waals surface area contributed by atoms with Crippen molar-refractivity contribution in [2.45, 2.75) is 30.7 Å². The molecule has 1 heterocycles. The molecule has 1 aliphatic heterocycles. The molecule has 2 aromatic rings. The molecule has 2 aromatic carbocycles. The number of ether oxygens (including phenoxy) is 3. The van der Waals surface area contributed by atoms with Gasteiger partial charge in [-0.05, 0) is 56.2 Å². The third-order valence-electron chi connectivity index (χ3n) is 5.91. The zero-order valence-corrected chi connectivity index (χ0v) is 23.0. The molecule has 1 atom stereocenters. The van der Waals surface area contributed by atoms with Gasteiger partial charge < -0.3 is 19.5 Å². The van der Waals surface area contributed by atoms with Crippen LogP contribution in [0.15, 0.2) is 47.4 Å². The summed E-state index contributed by atoms with van der Waals surface area (Å²) in [6, 6.07) is 9.70. The van der Waals surface area contributed by atoms with Crippen LogP contribution >= 0.6 is 0 Å². The highest BCUT2D eigenvalue weighted by atomic mass is 32.2. The maximum Gasteiger partial charge on any atom is 0.243 e. The van der Waals surface area contributed by atoms with Crippen molar-refractivity contribution in [1.82, 2.24) is 9.62 Å². The minimum absolute atomic E-state index is 0.0953. The molecule has 0 unspecified atom stereocenters. The molecule has 0 bridgehead atoms. The Morgan fingerprint density at radius 2 is 1.62 bits per heavy atom. The molecular weight excluding hydrogens is 522 g/mol. The lowest BCUT2D eigenvalue weighted by molar-refractivity contribution is -0.121. The van der Waals surface area contributed by atoms with Crippen LogP contribution in [0, 0.1) is 0 Å². The van der Waals surface area contributed by atoms with E-state index in [1.165, 1.54) is 43.6 Å². The minimum Gasteiger partial charge on any atom is -0.497 e. The van der Waals surface area contributed by atoms with Crippen LogP contribution < -0.4 is 23.8 Å². The standard InChI is InChI=1S/C24H33N3O8S2/c1-18(27(36(4,29)30)22-17-20(33-2)9-12-23(22)34-3)24(28)25-13-16-35-19-7-10-21(11-8-19)37(31,32)26-14-5-6-15-26/h7-12,17-18H,5-6,13-16H2,1-4H3,(H,25,28)/t18-/m0/s1. The quantitative estimate of drug-likeness (QED) is 0.393. The van der Waals surface area contributed by atoms with Gasteiger partial charge in [0.05, 0.1) is 37.6 Å². The van der Waals surface area contributed by atoms with Crippen LogP contribution in [-0.4, -0.2) is 79.8 Å². The van der Waals surface area contributed by atoms with E-state index < -0.39 is 32.0 Å². The van der Waals surface area contributed by atoms with Gasteiger partial charge in [-0.2, -0.15) is 4.31 Å². The Labute approximate surface area is 218 Å². The fourth-order valence-electron chi connectivity index (χ4n) is 4.03. The Bertz CT molecular complexity index is 1290. The van der Waals surface area contributed by atoms with E-state index in [1.807, 2.05) is 0 Å². The normalized spacial score (nSPS) is 15.1. The number of nitrogens with zero attached hydrogens (tertiary/aromatic N) is 2. The number of carbonyl (C=O) groups excluding carboxylic acids is 1. The molecule has 37 heavy (non-hydrogen) atoms. The Morgan fingerprint density at radius 1 is 1.00 bits per heavy atom. The zero-order chi connectivity index (χ0) is 27.2. The van der Waals surface area contributed by atoms with Crippen molar-refractivity contribution in [1.29, 1.82) is 0 Å². The Morgan fingerprint density at radius 3 is 2.19 bits per heavy atom. The van der Waals surface area contributed by atoms with Crippen LogP contribution in [0.2, 0.25) is 0 Å². The lowest BCUT2D eigenvalue weighted by atomic mass is 10.2. The van der Waals surface area contributed by atoms with Gasteiger partial charge in [-0.1, -0.05) is 0 Å². The molecule has 204 valence electrons. The van der Waals surface area contributed by atoms with Crippen molar-refractivity contribution in [3.8, 4) is 17.2 Å². The van der Waals surface area contributed by atoms with Gasteiger partial charge in [0.15, 0.2) is 0 Å². The first-order valence-corrected chi connectivity index (χ1v) is 15.0. The number of hydrogen-bond acceptors (Lipinski definition) is 8. The molecule has 1 N–H and O–H groups in total. The number of amides is 1. The van der Waals surface area contributed by atoms with Gasteiger partial charge in [0, 0.05) is 19.2 Å². The van der Waals surface area contributed by atoms with Crippen LogP contribution in [0.5, 0.6) is 17.2 Å². The molecule has 0 aromatic heterocycles. The number of hydrogen-bond donors (Lipinski definition) is 1. The van der Waals surface area contributed by atoms with Gasteiger partial charge in [-0.3, -0.25) is 9.10 Å². The number of rotatable bonds is 12. The van der Waals surface area contributed by atoms with Gasteiger partial charge >= 0.3 is 0 Å². The first-order chi connectivity index (χ1) is 17.5. The highest BCUT2D eigenvalue weighted by Crippen LogP contribution is 2.35. The second kappa shape index (κ2) is 12.0. The predicted octanol–water partition coefficient (Wildman–Crippen LogP) is 1.84. The summed E-state index contributed by atoms with van der Waals surface area (Å²) in [5.41, 5.74) is 0.173. The number of nitrogens with one attached hydrogen (secondary N) is 1. The highest BCUT2D eigenvalue weighted by Gasteiger charge is 2.31. The number of benzene rings is 2. The lowest BCUT2D eigenvalue weighted by Crippen LogP contribution is -2.48. The minimum atomic E-state index is -3.86. The van der Waals surface area contributed by atoms with Crippen molar-refractivity contribution in [2.24, 2.45) is 0 Å². The van der Waals surface area contributed by atoms with E-state index in [2.05, 4.69) is 5.32 Å². The average Bonchev–Trinajstić information content (AvgIpc) is 3.42. The fourth-order valence-corrected chi connectivity index (χ4v) is 6.71.